The van der Waals surface area contributed by atoms with Gasteiger partial charge in [-0.05, 0) is 19.8 Å². The minimum Gasteiger partial charge on any atom is -0.282 e. The minimum absolute atomic E-state index is 0.0699. The number of nitrogens with zero attached hydrogens (tertiary/aromatic N) is 5. The summed E-state index contributed by atoms with van der Waals surface area (Å²) in [6.45, 7) is 2.93. The number of hydrogen-bond donors (Lipinski definition) is 1. The molecule has 1 fully saturated rings. The number of rotatable bonds is 4. The maximum atomic E-state index is 12.3. The first-order valence-corrected chi connectivity index (χ1v) is 9.29. The lowest BCUT2D eigenvalue weighted by molar-refractivity contribution is 0.296. The fourth-order valence-corrected chi connectivity index (χ4v) is 4.11. The average molecular weight is 350 g/mol. The van der Waals surface area contributed by atoms with E-state index in [0.717, 1.165) is 35.5 Å². The Bertz CT molecular complexity index is 800. The van der Waals surface area contributed by atoms with Crippen LogP contribution in [0.15, 0.2) is 18.6 Å². The summed E-state index contributed by atoms with van der Waals surface area (Å²) in [6, 6.07) is 0. The predicted molar refractivity (Wildman–Crippen MR) is 90.5 cm³/mol. The predicted octanol–water partition coefficient (Wildman–Crippen LogP) is 1.16. The fraction of sp³-hybridized carbons (Fsp3) is 0.533. The Labute approximate surface area is 142 Å². The Morgan fingerprint density at radius 2 is 2.04 bits per heavy atom. The van der Waals surface area contributed by atoms with Crippen molar-refractivity contribution in [1.82, 2.24) is 28.8 Å². The van der Waals surface area contributed by atoms with Crippen molar-refractivity contribution >= 4 is 10.2 Å². The molecule has 1 saturated heterocycles. The monoisotopic (exact) mass is 350 g/mol. The summed E-state index contributed by atoms with van der Waals surface area (Å²) in [7, 11) is -0.271. The normalized spacial score (nSPS) is 19.8. The van der Waals surface area contributed by atoms with Crippen LogP contribution in [-0.2, 0) is 10.2 Å². The lowest BCUT2D eigenvalue weighted by Gasteiger charge is -2.33. The van der Waals surface area contributed by atoms with Crippen LogP contribution < -0.4 is 0 Å². The van der Waals surface area contributed by atoms with Crippen molar-refractivity contribution in [2.75, 3.05) is 27.2 Å². The third-order valence-electron chi connectivity index (χ3n) is 4.37. The molecule has 2 aromatic rings. The molecule has 1 atom stereocenters. The Morgan fingerprint density at radius 1 is 1.25 bits per heavy atom. The molecule has 2 aromatic heterocycles. The Balaban J connectivity index is 1.78. The second kappa shape index (κ2) is 6.58. The number of hydrogen-bond acceptors (Lipinski definition) is 5. The number of aryl methyl sites for hydroxylation is 1. The summed E-state index contributed by atoms with van der Waals surface area (Å²) in [5.74, 6) is 0.0699. The average Bonchev–Trinajstić information content (AvgIpc) is 3.01. The standard InChI is InChI=1S/C15H22N6O2S/c1-11-13(7-18-19-11)15-9-16-14(8-17-15)12-5-4-6-21(10-12)24(22,23)20(2)3/h7-9,12H,4-6,10H2,1-3H3,(H,18,19)/t12-/m0/s1. The maximum absolute atomic E-state index is 12.3. The van der Waals surface area contributed by atoms with E-state index >= 15 is 0 Å². The zero-order chi connectivity index (χ0) is 17.3. The Kier molecular flexibility index (Phi) is 4.66. The van der Waals surface area contributed by atoms with E-state index in [-0.39, 0.29) is 5.92 Å². The fourth-order valence-electron chi connectivity index (χ4n) is 2.92. The van der Waals surface area contributed by atoms with E-state index in [9.17, 15) is 8.42 Å². The molecule has 8 nitrogen and oxygen atoms in total. The zero-order valence-electron chi connectivity index (χ0n) is 14.1. The lowest BCUT2D eigenvalue weighted by Crippen LogP contribution is -2.45. The molecule has 3 rings (SSSR count). The van der Waals surface area contributed by atoms with Crippen LogP contribution in [0.2, 0.25) is 0 Å². The Morgan fingerprint density at radius 3 is 2.62 bits per heavy atom. The van der Waals surface area contributed by atoms with Gasteiger partial charge in [-0.2, -0.15) is 22.1 Å². The van der Waals surface area contributed by atoms with E-state index in [1.54, 1.807) is 32.7 Å². The highest BCUT2D eigenvalue weighted by atomic mass is 32.2. The number of nitrogens with one attached hydrogen (secondary N) is 1. The highest BCUT2D eigenvalue weighted by Crippen LogP contribution is 2.28. The summed E-state index contributed by atoms with van der Waals surface area (Å²) < 4.78 is 27.4. The van der Waals surface area contributed by atoms with E-state index in [2.05, 4.69) is 20.2 Å². The van der Waals surface area contributed by atoms with Crippen LogP contribution in [-0.4, -0.2) is 64.4 Å². The van der Waals surface area contributed by atoms with E-state index in [1.807, 2.05) is 6.92 Å². The van der Waals surface area contributed by atoms with Crippen LogP contribution in [0, 0.1) is 6.92 Å². The summed E-state index contributed by atoms with van der Waals surface area (Å²) in [5.41, 5.74) is 3.46. The summed E-state index contributed by atoms with van der Waals surface area (Å²) in [6.07, 6.45) is 6.94. The molecule has 0 aromatic carbocycles. The van der Waals surface area contributed by atoms with E-state index in [1.165, 1.54) is 8.61 Å². The maximum Gasteiger partial charge on any atom is 0.281 e. The molecular formula is C15H22N6O2S. The molecule has 9 heteroatoms. The van der Waals surface area contributed by atoms with Crippen LogP contribution >= 0.6 is 0 Å². The highest BCUT2D eigenvalue weighted by Gasteiger charge is 2.31. The molecule has 1 aliphatic heterocycles. The lowest BCUT2D eigenvalue weighted by atomic mass is 9.96. The molecule has 0 radical (unpaired) electrons. The summed E-state index contributed by atoms with van der Waals surface area (Å²) in [4.78, 5) is 9.00. The van der Waals surface area contributed by atoms with Gasteiger partial charge in [-0.3, -0.25) is 15.1 Å². The van der Waals surface area contributed by atoms with Crippen molar-refractivity contribution in [3.8, 4) is 11.3 Å². The van der Waals surface area contributed by atoms with Gasteiger partial charge in [-0.25, -0.2) is 0 Å². The quantitative estimate of drug-likeness (QED) is 0.893. The van der Waals surface area contributed by atoms with Gasteiger partial charge in [0.2, 0.25) is 0 Å². The third kappa shape index (κ3) is 3.19. The molecule has 0 aliphatic carbocycles. The molecule has 1 N–H and O–H groups in total. The highest BCUT2D eigenvalue weighted by molar-refractivity contribution is 7.86. The number of aromatic nitrogens is 4. The van der Waals surface area contributed by atoms with E-state index < -0.39 is 10.2 Å². The van der Waals surface area contributed by atoms with Crippen molar-refractivity contribution in [2.45, 2.75) is 25.7 Å². The topological polar surface area (TPSA) is 95.1 Å². The van der Waals surface area contributed by atoms with E-state index in [4.69, 9.17) is 0 Å². The van der Waals surface area contributed by atoms with Gasteiger partial charge >= 0.3 is 0 Å². The largest absolute Gasteiger partial charge is 0.282 e. The molecule has 3 heterocycles. The smallest absolute Gasteiger partial charge is 0.281 e. The van der Waals surface area contributed by atoms with Gasteiger partial charge in [0.1, 0.15) is 0 Å². The molecule has 0 saturated carbocycles. The van der Waals surface area contributed by atoms with Crippen molar-refractivity contribution < 1.29 is 8.42 Å². The van der Waals surface area contributed by atoms with Gasteiger partial charge in [0.15, 0.2) is 0 Å². The van der Waals surface area contributed by atoms with Gasteiger partial charge in [0, 0.05) is 50.6 Å². The molecular weight excluding hydrogens is 328 g/mol. The second-order valence-electron chi connectivity index (χ2n) is 6.22. The molecule has 0 bridgehead atoms. The van der Waals surface area contributed by atoms with Crippen LogP contribution in [0.25, 0.3) is 11.3 Å². The van der Waals surface area contributed by atoms with Gasteiger partial charge < -0.3 is 0 Å². The first kappa shape index (κ1) is 17.0. The van der Waals surface area contributed by atoms with Crippen molar-refractivity contribution in [2.24, 2.45) is 0 Å². The van der Waals surface area contributed by atoms with Crippen molar-refractivity contribution in [3.63, 3.8) is 0 Å². The second-order valence-corrected chi connectivity index (χ2v) is 8.36. The number of H-pyrrole nitrogens is 1. The van der Waals surface area contributed by atoms with Crippen molar-refractivity contribution in [3.05, 3.63) is 30.0 Å². The SMILES string of the molecule is Cc1[nH]ncc1-c1cnc([C@H]2CCCN(S(=O)(=O)N(C)C)C2)cn1. The summed E-state index contributed by atoms with van der Waals surface area (Å²) >= 11 is 0. The first-order valence-electron chi connectivity index (χ1n) is 7.89. The molecule has 130 valence electrons. The molecule has 1 aliphatic rings. The first-order chi connectivity index (χ1) is 11.4. The van der Waals surface area contributed by atoms with Crippen LogP contribution in [0.5, 0.6) is 0 Å². The molecule has 24 heavy (non-hydrogen) atoms. The zero-order valence-corrected chi connectivity index (χ0v) is 14.9. The van der Waals surface area contributed by atoms with Gasteiger partial charge in [0.25, 0.3) is 10.2 Å². The van der Waals surface area contributed by atoms with Crippen LogP contribution in [0.3, 0.4) is 0 Å². The number of piperidine rings is 1. The van der Waals surface area contributed by atoms with Crippen LogP contribution in [0.1, 0.15) is 30.1 Å². The molecule has 0 spiro atoms. The Hall–Kier alpha value is -1.84. The number of aromatic amines is 1. The van der Waals surface area contributed by atoms with E-state index in [0.29, 0.717) is 13.1 Å². The van der Waals surface area contributed by atoms with Gasteiger partial charge in [0.05, 0.1) is 23.8 Å². The third-order valence-corrected chi connectivity index (χ3v) is 6.27. The van der Waals surface area contributed by atoms with Gasteiger partial charge in [-0.15, -0.1) is 0 Å². The minimum atomic E-state index is -3.38. The molecule has 0 unspecified atom stereocenters. The van der Waals surface area contributed by atoms with Gasteiger partial charge in [-0.1, -0.05) is 0 Å². The summed E-state index contributed by atoms with van der Waals surface area (Å²) in [5, 5.41) is 6.88. The van der Waals surface area contributed by atoms with Crippen molar-refractivity contribution in [1.29, 1.82) is 0 Å². The molecule has 0 amide bonds. The van der Waals surface area contributed by atoms with Crippen LogP contribution in [0.4, 0.5) is 0 Å².